The Morgan fingerprint density at radius 2 is 2.14 bits per heavy atom. The first-order chi connectivity index (χ1) is 6.72. The summed E-state index contributed by atoms with van der Waals surface area (Å²) >= 11 is 0.755. The van der Waals surface area contributed by atoms with Crippen molar-refractivity contribution in [2.45, 2.75) is 4.90 Å². The molecule has 0 unspecified atom stereocenters. The normalized spacial score (nSPS) is 8.86. The smallest absolute Gasteiger partial charge is 0.383 e. The van der Waals surface area contributed by atoms with Gasteiger partial charge in [0.2, 0.25) is 0 Å². The third-order valence-corrected chi connectivity index (χ3v) is 1.94. The van der Waals surface area contributed by atoms with Crippen LogP contribution in [0.15, 0.2) is 34.4 Å². The lowest BCUT2D eigenvalue weighted by molar-refractivity contribution is 0.177. The molecule has 1 rings (SSSR count). The van der Waals surface area contributed by atoms with Gasteiger partial charge in [0.1, 0.15) is 11.0 Å². The number of aromatic hydroxyl groups is 1. The summed E-state index contributed by atoms with van der Waals surface area (Å²) < 4.78 is 0. The Morgan fingerprint density at radius 3 is 2.71 bits per heavy atom. The van der Waals surface area contributed by atoms with E-state index in [1.54, 1.807) is 0 Å². The minimum atomic E-state index is -0.728. The summed E-state index contributed by atoms with van der Waals surface area (Å²) in [5.41, 5.74) is 7.86. The number of carbonyl (C=O) groups excluding carboxylic acids is 1. The molecule has 0 aliphatic rings. The van der Waals surface area contributed by atoms with Crippen LogP contribution in [-0.2, 0) is 4.84 Å². The molecule has 0 spiro atoms. The Hall–Kier alpha value is -1.85. The Morgan fingerprint density at radius 1 is 1.50 bits per heavy atom. The number of phenols is 1. The van der Waals surface area contributed by atoms with Gasteiger partial charge in [-0.05, 0) is 41.6 Å². The highest BCUT2D eigenvalue weighted by Crippen LogP contribution is 2.22. The fourth-order valence-electron chi connectivity index (χ4n) is 0.681. The minimum Gasteiger partial charge on any atom is -0.508 e. The summed E-state index contributed by atoms with van der Waals surface area (Å²) in [7, 11) is 0. The van der Waals surface area contributed by atoms with E-state index in [1.165, 1.54) is 24.3 Å². The summed E-state index contributed by atoms with van der Waals surface area (Å²) in [6, 6.07) is 5.95. The van der Waals surface area contributed by atoms with Crippen molar-refractivity contribution in [1.29, 1.82) is 0 Å². The van der Waals surface area contributed by atoms with E-state index in [2.05, 4.69) is 15.0 Å². The summed E-state index contributed by atoms with van der Waals surface area (Å²) in [4.78, 5) is 17.8. The average molecular weight is 211 g/mol. The topological polar surface area (TPSA) is 95.3 Å². The van der Waals surface area contributed by atoms with Crippen molar-refractivity contribution in [2.75, 3.05) is 0 Å². The van der Waals surface area contributed by atoms with Crippen molar-refractivity contribution in [3.8, 4) is 5.75 Å². The van der Waals surface area contributed by atoms with Gasteiger partial charge in [-0.1, -0.05) is 0 Å². The number of benzene rings is 1. The standard InChI is InChI=1S/C7H5N3O3S/c8-9-10-13-7(12)14-6-3-1-5(11)2-4-6/h1-4,11H. The minimum absolute atomic E-state index is 0.109. The molecular formula is C7H5N3O3S. The van der Waals surface area contributed by atoms with Crippen molar-refractivity contribution >= 4 is 17.1 Å². The Labute approximate surface area is 83.1 Å². The van der Waals surface area contributed by atoms with Crippen LogP contribution in [0.25, 0.3) is 10.4 Å². The molecular weight excluding hydrogens is 206 g/mol. The van der Waals surface area contributed by atoms with Gasteiger partial charge in [-0.25, -0.2) is 4.79 Å². The summed E-state index contributed by atoms with van der Waals surface area (Å²) in [6.45, 7) is 0. The lowest BCUT2D eigenvalue weighted by atomic mass is 10.3. The maximum Gasteiger partial charge on any atom is 0.383 e. The van der Waals surface area contributed by atoms with E-state index in [9.17, 15) is 4.79 Å². The highest BCUT2D eigenvalue weighted by atomic mass is 32.2. The maximum absolute atomic E-state index is 10.9. The second kappa shape index (κ2) is 5.00. The summed E-state index contributed by atoms with van der Waals surface area (Å²) in [5.74, 6) is 0.109. The molecule has 0 aromatic heterocycles. The molecule has 1 aromatic carbocycles. The first-order valence-electron chi connectivity index (χ1n) is 3.44. The molecule has 72 valence electrons. The quantitative estimate of drug-likeness (QED) is 0.267. The molecule has 0 saturated carbocycles. The predicted octanol–water partition coefficient (Wildman–Crippen LogP) is 2.85. The molecule has 0 radical (unpaired) electrons. The average Bonchev–Trinajstić information content (AvgIpc) is 2.18. The molecule has 0 heterocycles. The van der Waals surface area contributed by atoms with Crippen LogP contribution < -0.4 is 0 Å². The van der Waals surface area contributed by atoms with Crippen molar-refractivity contribution < 1.29 is 14.7 Å². The Kier molecular flexibility index (Phi) is 3.66. The van der Waals surface area contributed by atoms with Crippen molar-refractivity contribution in [2.24, 2.45) is 5.28 Å². The van der Waals surface area contributed by atoms with Crippen LogP contribution >= 0.6 is 11.8 Å². The summed E-state index contributed by atoms with van der Waals surface area (Å²) in [5, 5.41) is 10.9. The monoisotopic (exact) mass is 211 g/mol. The van der Waals surface area contributed by atoms with E-state index < -0.39 is 5.30 Å². The second-order valence-electron chi connectivity index (χ2n) is 2.11. The Balaban J connectivity index is 2.56. The van der Waals surface area contributed by atoms with Gasteiger partial charge in [0.25, 0.3) is 0 Å². The number of hydrogen-bond acceptors (Lipinski definition) is 5. The molecule has 6 nitrogen and oxygen atoms in total. The van der Waals surface area contributed by atoms with E-state index in [0.29, 0.717) is 4.90 Å². The van der Waals surface area contributed by atoms with Crippen LogP contribution in [-0.4, -0.2) is 10.4 Å². The molecule has 0 aliphatic heterocycles. The highest BCUT2D eigenvalue weighted by molar-refractivity contribution is 8.13. The van der Waals surface area contributed by atoms with Gasteiger partial charge in [-0.2, -0.15) is 0 Å². The van der Waals surface area contributed by atoms with Crippen LogP contribution in [0, 0.1) is 0 Å². The van der Waals surface area contributed by atoms with E-state index in [-0.39, 0.29) is 5.75 Å². The van der Waals surface area contributed by atoms with Gasteiger partial charge in [-0.15, -0.1) is 0 Å². The van der Waals surface area contributed by atoms with E-state index in [1.807, 2.05) is 0 Å². The predicted molar refractivity (Wildman–Crippen MR) is 49.6 cm³/mol. The molecule has 0 aliphatic carbocycles. The SMILES string of the molecule is [N-]=[N+]=NOC(=O)Sc1ccc(O)cc1. The number of thioether (sulfide) groups is 1. The molecule has 0 fully saturated rings. The molecule has 14 heavy (non-hydrogen) atoms. The number of nitrogens with zero attached hydrogens (tertiary/aromatic N) is 3. The lowest BCUT2D eigenvalue weighted by Crippen LogP contribution is -1.88. The van der Waals surface area contributed by atoms with Gasteiger partial charge >= 0.3 is 5.30 Å². The van der Waals surface area contributed by atoms with Crippen LogP contribution in [0.1, 0.15) is 0 Å². The van der Waals surface area contributed by atoms with Crippen molar-refractivity contribution in [3.63, 3.8) is 0 Å². The molecule has 0 saturated heterocycles. The van der Waals surface area contributed by atoms with Gasteiger partial charge in [0, 0.05) is 9.81 Å². The highest BCUT2D eigenvalue weighted by Gasteiger charge is 2.04. The molecule has 1 aromatic rings. The van der Waals surface area contributed by atoms with E-state index in [4.69, 9.17) is 10.6 Å². The van der Waals surface area contributed by atoms with Gasteiger partial charge in [0.15, 0.2) is 0 Å². The number of phenolic OH excluding ortho intramolecular Hbond substituents is 1. The zero-order valence-corrected chi connectivity index (χ0v) is 7.64. The molecule has 0 atom stereocenters. The molecule has 0 amide bonds. The third kappa shape index (κ3) is 3.26. The summed E-state index contributed by atoms with van der Waals surface area (Å²) in [6.07, 6.45) is 0. The Bertz CT molecular complexity index is 372. The van der Waals surface area contributed by atoms with Crippen LogP contribution in [0.3, 0.4) is 0 Å². The van der Waals surface area contributed by atoms with Gasteiger partial charge in [0.05, 0.1) is 0 Å². The fourth-order valence-corrected chi connectivity index (χ4v) is 1.22. The van der Waals surface area contributed by atoms with Crippen molar-refractivity contribution in [3.05, 3.63) is 34.7 Å². The van der Waals surface area contributed by atoms with E-state index in [0.717, 1.165) is 11.8 Å². The van der Waals surface area contributed by atoms with Crippen LogP contribution in [0.5, 0.6) is 5.75 Å². The third-order valence-electron chi connectivity index (χ3n) is 1.19. The number of carbonyl (C=O) groups is 1. The van der Waals surface area contributed by atoms with Gasteiger partial charge in [-0.3, -0.25) is 0 Å². The first kappa shape index (κ1) is 10.2. The second-order valence-corrected chi connectivity index (χ2v) is 3.12. The first-order valence-corrected chi connectivity index (χ1v) is 4.26. The molecule has 0 bridgehead atoms. The largest absolute Gasteiger partial charge is 0.508 e. The zero-order valence-electron chi connectivity index (χ0n) is 6.82. The van der Waals surface area contributed by atoms with Crippen LogP contribution in [0.4, 0.5) is 4.79 Å². The number of azide groups is 1. The lowest BCUT2D eigenvalue weighted by Gasteiger charge is -1.97. The van der Waals surface area contributed by atoms with Crippen LogP contribution in [0.2, 0.25) is 0 Å². The maximum atomic E-state index is 10.9. The van der Waals surface area contributed by atoms with Gasteiger partial charge < -0.3 is 9.94 Å². The number of rotatable bonds is 2. The number of hydrogen-bond donors (Lipinski definition) is 1. The van der Waals surface area contributed by atoms with Crippen molar-refractivity contribution in [1.82, 2.24) is 0 Å². The zero-order chi connectivity index (χ0) is 10.4. The molecule has 7 heteroatoms. The molecule has 1 N–H and O–H groups in total. The fraction of sp³-hybridized carbons (Fsp3) is 0. The van der Waals surface area contributed by atoms with E-state index >= 15 is 0 Å².